The summed E-state index contributed by atoms with van der Waals surface area (Å²) in [5.74, 6) is -0.951. The summed E-state index contributed by atoms with van der Waals surface area (Å²) in [6, 6.07) is 20.7. The lowest BCUT2D eigenvalue weighted by molar-refractivity contribution is -0.132. The van der Waals surface area contributed by atoms with E-state index in [1.54, 1.807) is 25.4 Å². The van der Waals surface area contributed by atoms with Crippen LogP contribution in [0.1, 0.15) is 43.1 Å². The number of aliphatic hydroxyl groups excluding tert-OH is 1. The van der Waals surface area contributed by atoms with Crippen LogP contribution in [0.25, 0.3) is 0 Å². The predicted molar refractivity (Wildman–Crippen MR) is 135 cm³/mol. The van der Waals surface area contributed by atoms with Crippen LogP contribution >= 0.6 is 0 Å². The monoisotopic (exact) mass is 473 g/mol. The molecule has 0 saturated carbocycles. The van der Waals surface area contributed by atoms with Gasteiger partial charge < -0.3 is 19.7 Å². The van der Waals surface area contributed by atoms with E-state index in [1.807, 2.05) is 61.5 Å². The van der Waals surface area contributed by atoms with Crippen LogP contribution in [0.2, 0.25) is 0 Å². The molecular weight excluding hydrogens is 442 g/mol. The number of unbranched alkanes of at least 4 members (excludes halogenated alkanes) is 1. The fourth-order valence-electron chi connectivity index (χ4n) is 4.35. The van der Waals surface area contributed by atoms with Crippen molar-refractivity contribution in [2.24, 2.45) is 10.9 Å². The number of hydrogen-bond donors (Lipinski definition) is 2. The number of hydrogen-bond acceptors (Lipinski definition) is 5. The second-order valence-corrected chi connectivity index (χ2v) is 8.77. The van der Waals surface area contributed by atoms with Crippen molar-refractivity contribution >= 4 is 23.2 Å². The van der Waals surface area contributed by atoms with Gasteiger partial charge in [-0.05, 0) is 24.6 Å². The first-order valence-electron chi connectivity index (χ1n) is 12.0. The first kappa shape index (κ1) is 24.4. The SMILES string of the molecule is CCCC[C@H](O)[C@@H](Cc1ccco1)C(=O)N[C@H]1N=C(c2ccccc2)c2ccccc2N(C)C1=O. The molecule has 3 atom stereocenters. The maximum absolute atomic E-state index is 13.5. The minimum Gasteiger partial charge on any atom is -0.469 e. The van der Waals surface area contributed by atoms with Gasteiger partial charge in [-0.25, -0.2) is 4.99 Å². The van der Waals surface area contributed by atoms with E-state index in [1.165, 1.54) is 4.90 Å². The van der Waals surface area contributed by atoms with Crippen LogP contribution in [0.5, 0.6) is 0 Å². The van der Waals surface area contributed by atoms with Crippen molar-refractivity contribution < 1.29 is 19.1 Å². The van der Waals surface area contributed by atoms with Gasteiger partial charge in [-0.2, -0.15) is 0 Å². The van der Waals surface area contributed by atoms with Crippen molar-refractivity contribution in [1.82, 2.24) is 5.32 Å². The molecule has 7 heteroatoms. The van der Waals surface area contributed by atoms with Crippen LogP contribution in [0.4, 0.5) is 5.69 Å². The van der Waals surface area contributed by atoms with Crippen LogP contribution in [-0.4, -0.2) is 41.9 Å². The summed E-state index contributed by atoms with van der Waals surface area (Å²) in [6.07, 6.45) is 1.95. The van der Waals surface area contributed by atoms with Crippen LogP contribution in [0.15, 0.2) is 82.4 Å². The Kier molecular flexibility index (Phi) is 7.77. The van der Waals surface area contributed by atoms with Crippen molar-refractivity contribution in [2.75, 3.05) is 11.9 Å². The standard InChI is InChI=1S/C28H31N3O4/c1-3-4-16-24(32)22(18-20-13-10-17-35-20)27(33)30-26-28(34)31(2)23-15-9-8-14-21(23)25(29-26)19-11-6-5-7-12-19/h5-15,17,22,24,26,32H,3-4,16,18H2,1-2H3,(H,30,33)/t22-,24+,26-/m1/s1. The molecule has 0 radical (unpaired) electrons. The van der Waals surface area contributed by atoms with Crippen LogP contribution < -0.4 is 10.2 Å². The van der Waals surface area contributed by atoms with Gasteiger partial charge in [0.25, 0.3) is 5.91 Å². The summed E-state index contributed by atoms with van der Waals surface area (Å²) >= 11 is 0. The second kappa shape index (κ2) is 11.1. The number of furan rings is 1. The summed E-state index contributed by atoms with van der Waals surface area (Å²) in [5, 5.41) is 13.7. The molecule has 1 aromatic heterocycles. The molecule has 182 valence electrons. The fraction of sp³-hybridized carbons (Fsp3) is 0.321. The minimum atomic E-state index is -1.13. The third-order valence-electron chi connectivity index (χ3n) is 6.33. The maximum Gasteiger partial charge on any atom is 0.272 e. The molecule has 2 aromatic carbocycles. The largest absolute Gasteiger partial charge is 0.469 e. The zero-order chi connectivity index (χ0) is 24.8. The summed E-state index contributed by atoms with van der Waals surface area (Å²) in [7, 11) is 1.68. The number of amides is 2. The van der Waals surface area contributed by atoms with Gasteiger partial charge in [-0.15, -0.1) is 0 Å². The average Bonchev–Trinajstić information content (AvgIpc) is 3.38. The third kappa shape index (κ3) is 5.52. The number of benzodiazepines with no additional fused rings is 1. The first-order chi connectivity index (χ1) is 17.0. The molecule has 2 amide bonds. The molecule has 1 aliphatic rings. The highest BCUT2D eigenvalue weighted by Crippen LogP contribution is 2.27. The van der Waals surface area contributed by atoms with Gasteiger partial charge >= 0.3 is 0 Å². The van der Waals surface area contributed by atoms with Gasteiger partial charge in [0.2, 0.25) is 12.1 Å². The zero-order valence-electron chi connectivity index (χ0n) is 20.1. The van der Waals surface area contributed by atoms with E-state index in [9.17, 15) is 14.7 Å². The second-order valence-electron chi connectivity index (χ2n) is 8.77. The normalized spacial score (nSPS) is 17.2. The molecule has 3 aromatic rings. The molecule has 0 bridgehead atoms. The number of likely N-dealkylation sites (N-methyl/N-ethyl adjacent to an activating group) is 1. The number of aliphatic imine (C=N–C) groups is 1. The molecule has 0 unspecified atom stereocenters. The lowest BCUT2D eigenvalue weighted by Gasteiger charge is -2.25. The molecular formula is C28H31N3O4. The quantitative estimate of drug-likeness (QED) is 0.492. The summed E-state index contributed by atoms with van der Waals surface area (Å²) < 4.78 is 5.44. The molecule has 7 nitrogen and oxygen atoms in total. The average molecular weight is 474 g/mol. The van der Waals surface area contributed by atoms with Crippen molar-refractivity contribution in [3.63, 3.8) is 0 Å². The predicted octanol–water partition coefficient (Wildman–Crippen LogP) is 3.95. The zero-order valence-corrected chi connectivity index (χ0v) is 20.1. The topological polar surface area (TPSA) is 95.1 Å². The highest BCUT2D eigenvalue weighted by atomic mass is 16.3. The number of nitrogens with zero attached hydrogens (tertiary/aromatic N) is 2. The summed E-state index contributed by atoms with van der Waals surface area (Å²) in [4.78, 5) is 33.2. The third-order valence-corrected chi connectivity index (χ3v) is 6.33. The van der Waals surface area contributed by atoms with Gasteiger partial charge in [-0.3, -0.25) is 9.59 Å². The van der Waals surface area contributed by atoms with E-state index < -0.39 is 24.1 Å². The molecule has 2 heterocycles. The Morgan fingerprint density at radius 1 is 1.11 bits per heavy atom. The van der Waals surface area contributed by atoms with E-state index in [2.05, 4.69) is 5.32 Å². The first-order valence-corrected chi connectivity index (χ1v) is 12.0. The maximum atomic E-state index is 13.5. The van der Waals surface area contributed by atoms with Crippen LogP contribution in [-0.2, 0) is 16.0 Å². The number of nitrogens with one attached hydrogen (secondary N) is 1. The highest BCUT2D eigenvalue weighted by Gasteiger charge is 2.34. The minimum absolute atomic E-state index is 0.232. The number of para-hydroxylation sites is 1. The molecule has 2 N–H and O–H groups in total. The van der Waals surface area contributed by atoms with Gasteiger partial charge in [-0.1, -0.05) is 68.3 Å². The smallest absolute Gasteiger partial charge is 0.272 e. The van der Waals surface area contributed by atoms with Gasteiger partial charge in [0.1, 0.15) is 5.76 Å². The molecule has 0 fully saturated rings. The lowest BCUT2D eigenvalue weighted by atomic mass is 9.92. The summed E-state index contributed by atoms with van der Waals surface area (Å²) in [5.41, 5.74) is 2.99. The van der Waals surface area contributed by atoms with Gasteiger partial charge in [0, 0.05) is 24.6 Å². The molecule has 35 heavy (non-hydrogen) atoms. The molecule has 0 saturated heterocycles. The van der Waals surface area contributed by atoms with Crippen molar-refractivity contribution in [2.45, 2.75) is 44.9 Å². The molecule has 1 aliphatic heterocycles. The summed E-state index contributed by atoms with van der Waals surface area (Å²) in [6.45, 7) is 2.03. The molecule has 0 spiro atoms. The van der Waals surface area contributed by atoms with E-state index in [0.717, 1.165) is 24.0 Å². The van der Waals surface area contributed by atoms with Crippen molar-refractivity contribution in [3.8, 4) is 0 Å². The van der Waals surface area contributed by atoms with E-state index >= 15 is 0 Å². The van der Waals surface area contributed by atoms with Crippen molar-refractivity contribution in [3.05, 3.63) is 89.9 Å². The Bertz CT molecular complexity index is 1170. The van der Waals surface area contributed by atoms with E-state index in [0.29, 0.717) is 23.6 Å². The Morgan fingerprint density at radius 3 is 2.57 bits per heavy atom. The Morgan fingerprint density at radius 2 is 1.86 bits per heavy atom. The number of carbonyl (C=O) groups excluding carboxylic acids is 2. The number of rotatable bonds is 9. The number of anilines is 1. The Hall–Kier alpha value is -3.71. The van der Waals surface area contributed by atoms with Crippen LogP contribution in [0.3, 0.4) is 0 Å². The van der Waals surface area contributed by atoms with Crippen molar-refractivity contribution in [1.29, 1.82) is 0 Å². The Balaban J connectivity index is 1.67. The van der Waals surface area contributed by atoms with Gasteiger partial charge in [0.05, 0.1) is 29.7 Å². The van der Waals surface area contributed by atoms with Gasteiger partial charge in [0.15, 0.2) is 0 Å². The number of carbonyl (C=O) groups is 2. The Labute approximate surface area is 205 Å². The fourth-order valence-corrected chi connectivity index (χ4v) is 4.35. The number of aliphatic hydroxyl groups is 1. The van der Waals surface area contributed by atoms with Crippen LogP contribution in [0, 0.1) is 5.92 Å². The molecule has 4 rings (SSSR count). The van der Waals surface area contributed by atoms with E-state index in [4.69, 9.17) is 9.41 Å². The highest BCUT2D eigenvalue weighted by molar-refractivity contribution is 6.20. The number of fused-ring (bicyclic) bond motifs is 1. The van der Waals surface area contributed by atoms with E-state index in [-0.39, 0.29) is 12.3 Å². The molecule has 0 aliphatic carbocycles. The number of benzene rings is 2. The lowest BCUT2D eigenvalue weighted by Crippen LogP contribution is -2.50.